The number of hydrogen-bond donors (Lipinski definition) is 2. The van der Waals surface area contributed by atoms with Crippen LogP contribution in [-0.2, 0) is 14.4 Å². The Balaban J connectivity index is 1.65. The highest BCUT2D eigenvalue weighted by Crippen LogP contribution is 2.13. The van der Waals surface area contributed by atoms with Gasteiger partial charge in [0, 0.05) is 31.6 Å². The summed E-state index contributed by atoms with van der Waals surface area (Å²) in [6, 6.07) is 9.55. The number of benzene rings is 1. The summed E-state index contributed by atoms with van der Waals surface area (Å²) < 4.78 is 0. The third-order valence-electron chi connectivity index (χ3n) is 4.45. The van der Waals surface area contributed by atoms with E-state index in [1.54, 1.807) is 6.08 Å². The Bertz CT molecular complexity index is 663. The van der Waals surface area contributed by atoms with Crippen molar-refractivity contribution < 1.29 is 14.4 Å². The lowest BCUT2D eigenvalue weighted by Gasteiger charge is -2.32. The van der Waals surface area contributed by atoms with Crippen LogP contribution in [0.1, 0.15) is 38.7 Å². The molecular formula is C21H29N3O3. The number of nitrogens with zero attached hydrogens (tertiary/aromatic N) is 1. The predicted molar refractivity (Wildman–Crippen MR) is 106 cm³/mol. The molecule has 0 aromatic heterocycles. The van der Waals surface area contributed by atoms with Crippen LogP contribution in [0, 0.1) is 5.92 Å². The Labute approximate surface area is 161 Å². The summed E-state index contributed by atoms with van der Waals surface area (Å²) in [4.78, 5) is 37.8. The van der Waals surface area contributed by atoms with E-state index in [4.69, 9.17) is 0 Å². The fraction of sp³-hybridized carbons (Fsp3) is 0.476. The first kappa shape index (κ1) is 20.7. The number of likely N-dealkylation sites (tertiary alicyclic amines) is 1. The summed E-state index contributed by atoms with van der Waals surface area (Å²) in [6.07, 6.45) is 5.19. The Kier molecular flexibility index (Phi) is 8.04. The van der Waals surface area contributed by atoms with E-state index in [2.05, 4.69) is 10.6 Å². The van der Waals surface area contributed by atoms with Crippen LogP contribution in [0.5, 0.6) is 0 Å². The maximum atomic E-state index is 12.1. The summed E-state index contributed by atoms with van der Waals surface area (Å²) in [5.41, 5.74) is 0.927. The van der Waals surface area contributed by atoms with Crippen molar-refractivity contribution in [1.29, 1.82) is 0 Å². The van der Waals surface area contributed by atoms with Gasteiger partial charge in [0.1, 0.15) is 0 Å². The molecule has 0 atom stereocenters. The molecular weight excluding hydrogens is 342 g/mol. The molecule has 1 fully saturated rings. The van der Waals surface area contributed by atoms with Crippen LogP contribution in [-0.4, -0.2) is 48.3 Å². The van der Waals surface area contributed by atoms with E-state index < -0.39 is 0 Å². The lowest BCUT2D eigenvalue weighted by molar-refractivity contribution is -0.133. The van der Waals surface area contributed by atoms with E-state index in [0.29, 0.717) is 25.4 Å². The van der Waals surface area contributed by atoms with E-state index >= 15 is 0 Å². The van der Waals surface area contributed by atoms with Crippen molar-refractivity contribution in [3.63, 3.8) is 0 Å². The van der Waals surface area contributed by atoms with E-state index in [1.807, 2.05) is 49.1 Å². The Hall–Kier alpha value is -2.63. The molecule has 6 heteroatoms. The number of carbonyl (C=O) groups excluding carboxylic acids is 3. The minimum Gasteiger partial charge on any atom is -0.352 e. The molecule has 146 valence electrons. The lowest BCUT2D eigenvalue weighted by Crippen LogP contribution is -2.48. The highest BCUT2D eigenvalue weighted by atomic mass is 16.2. The monoisotopic (exact) mass is 371 g/mol. The number of rotatable bonds is 7. The molecule has 0 spiro atoms. The number of hydrogen-bond acceptors (Lipinski definition) is 3. The van der Waals surface area contributed by atoms with Crippen molar-refractivity contribution in [2.75, 3.05) is 19.6 Å². The number of piperidine rings is 1. The SMILES string of the molecule is CC(C)CC(=O)N1CCC(NC(=O)CNC(=O)/C=C/c2ccccc2)CC1. The fourth-order valence-electron chi connectivity index (χ4n) is 2.99. The van der Waals surface area contributed by atoms with Gasteiger partial charge < -0.3 is 15.5 Å². The van der Waals surface area contributed by atoms with Gasteiger partial charge in [-0.3, -0.25) is 14.4 Å². The molecule has 1 aromatic carbocycles. The van der Waals surface area contributed by atoms with Gasteiger partial charge >= 0.3 is 0 Å². The van der Waals surface area contributed by atoms with E-state index in [0.717, 1.165) is 18.4 Å². The van der Waals surface area contributed by atoms with Gasteiger partial charge in [0.25, 0.3) is 0 Å². The average molecular weight is 371 g/mol. The van der Waals surface area contributed by atoms with Crippen LogP contribution in [0.15, 0.2) is 36.4 Å². The first-order valence-corrected chi connectivity index (χ1v) is 9.52. The molecule has 2 N–H and O–H groups in total. The van der Waals surface area contributed by atoms with Crippen LogP contribution in [0.2, 0.25) is 0 Å². The average Bonchev–Trinajstić information content (AvgIpc) is 2.65. The molecule has 3 amide bonds. The molecule has 0 aliphatic carbocycles. The highest BCUT2D eigenvalue weighted by Gasteiger charge is 2.24. The quantitative estimate of drug-likeness (QED) is 0.719. The third-order valence-corrected chi connectivity index (χ3v) is 4.45. The minimum absolute atomic E-state index is 0.0511. The largest absolute Gasteiger partial charge is 0.352 e. The molecule has 2 rings (SSSR count). The second kappa shape index (κ2) is 10.5. The van der Waals surface area contributed by atoms with Gasteiger partial charge in [-0.2, -0.15) is 0 Å². The topological polar surface area (TPSA) is 78.5 Å². The Morgan fingerprint density at radius 2 is 1.81 bits per heavy atom. The van der Waals surface area contributed by atoms with Gasteiger partial charge in [-0.25, -0.2) is 0 Å². The number of amides is 3. The molecule has 1 aliphatic rings. The summed E-state index contributed by atoms with van der Waals surface area (Å²) in [5, 5.41) is 5.52. The van der Waals surface area contributed by atoms with Crippen LogP contribution >= 0.6 is 0 Å². The van der Waals surface area contributed by atoms with Crippen LogP contribution in [0.3, 0.4) is 0 Å². The van der Waals surface area contributed by atoms with Crippen LogP contribution in [0.4, 0.5) is 0 Å². The number of carbonyl (C=O) groups is 3. The standard InChI is InChI=1S/C21H29N3O3/c1-16(2)14-21(27)24-12-10-18(11-13-24)23-20(26)15-22-19(25)9-8-17-6-4-3-5-7-17/h3-9,16,18H,10-15H2,1-2H3,(H,22,25)(H,23,26)/b9-8+. The van der Waals surface area contributed by atoms with E-state index in [9.17, 15) is 14.4 Å². The Morgan fingerprint density at radius 3 is 2.44 bits per heavy atom. The maximum Gasteiger partial charge on any atom is 0.244 e. The summed E-state index contributed by atoms with van der Waals surface area (Å²) in [7, 11) is 0. The van der Waals surface area contributed by atoms with Gasteiger partial charge in [0.2, 0.25) is 17.7 Å². The van der Waals surface area contributed by atoms with Gasteiger partial charge in [-0.1, -0.05) is 44.2 Å². The van der Waals surface area contributed by atoms with E-state index in [-0.39, 0.29) is 30.3 Å². The van der Waals surface area contributed by atoms with Crippen LogP contribution < -0.4 is 10.6 Å². The van der Waals surface area contributed by atoms with Crippen molar-refractivity contribution in [3.8, 4) is 0 Å². The maximum absolute atomic E-state index is 12.1. The minimum atomic E-state index is -0.303. The smallest absolute Gasteiger partial charge is 0.244 e. The summed E-state index contributed by atoms with van der Waals surface area (Å²) in [5.74, 6) is 0.0354. The van der Waals surface area contributed by atoms with E-state index in [1.165, 1.54) is 6.08 Å². The zero-order valence-electron chi connectivity index (χ0n) is 16.1. The summed E-state index contributed by atoms with van der Waals surface area (Å²) in [6.45, 7) is 5.36. The molecule has 6 nitrogen and oxygen atoms in total. The molecule has 0 unspecified atom stereocenters. The molecule has 1 saturated heterocycles. The molecule has 1 aliphatic heterocycles. The van der Waals surface area contributed by atoms with Crippen molar-refractivity contribution >= 4 is 23.8 Å². The van der Waals surface area contributed by atoms with Gasteiger partial charge in [-0.15, -0.1) is 0 Å². The van der Waals surface area contributed by atoms with Crippen molar-refractivity contribution in [3.05, 3.63) is 42.0 Å². The molecule has 27 heavy (non-hydrogen) atoms. The molecule has 1 heterocycles. The number of nitrogens with one attached hydrogen (secondary N) is 2. The van der Waals surface area contributed by atoms with Crippen LogP contribution in [0.25, 0.3) is 6.08 Å². The highest BCUT2D eigenvalue weighted by molar-refractivity contribution is 5.94. The van der Waals surface area contributed by atoms with Crippen molar-refractivity contribution in [2.24, 2.45) is 5.92 Å². The molecule has 0 radical (unpaired) electrons. The zero-order valence-corrected chi connectivity index (χ0v) is 16.1. The Morgan fingerprint density at radius 1 is 1.15 bits per heavy atom. The zero-order chi connectivity index (χ0) is 19.6. The first-order valence-electron chi connectivity index (χ1n) is 9.52. The normalized spacial score (nSPS) is 15.1. The van der Waals surface area contributed by atoms with Gasteiger partial charge in [0.15, 0.2) is 0 Å². The first-order chi connectivity index (χ1) is 12.9. The van der Waals surface area contributed by atoms with Crippen molar-refractivity contribution in [1.82, 2.24) is 15.5 Å². The lowest BCUT2D eigenvalue weighted by atomic mass is 10.0. The third kappa shape index (κ3) is 7.64. The second-order valence-electron chi connectivity index (χ2n) is 7.28. The predicted octanol–water partition coefficient (Wildman–Crippen LogP) is 1.97. The van der Waals surface area contributed by atoms with Crippen molar-refractivity contribution in [2.45, 2.75) is 39.2 Å². The summed E-state index contributed by atoms with van der Waals surface area (Å²) >= 11 is 0. The molecule has 0 saturated carbocycles. The molecule has 0 bridgehead atoms. The van der Waals surface area contributed by atoms with Gasteiger partial charge in [0.05, 0.1) is 6.54 Å². The van der Waals surface area contributed by atoms with Gasteiger partial charge in [-0.05, 0) is 30.4 Å². The fourth-order valence-corrected chi connectivity index (χ4v) is 2.99. The second-order valence-corrected chi connectivity index (χ2v) is 7.28. The molecule has 1 aromatic rings.